The summed E-state index contributed by atoms with van der Waals surface area (Å²) in [5, 5.41) is 5.81. The molecule has 0 saturated heterocycles. The van der Waals surface area contributed by atoms with E-state index in [4.69, 9.17) is 11.6 Å². The quantitative estimate of drug-likeness (QED) is 0.322. The van der Waals surface area contributed by atoms with Gasteiger partial charge in [0.05, 0.1) is 30.4 Å². The molecule has 1 aliphatic carbocycles. The van der Waals surface area contributed by atoms with E-state index in [2.05, 4.69) is 40.0 Å². The third-order valence-corrected chi connectivity index (χ3v) is 6.11. The summed E-state index contributed by atoms with van der Waals surface area (Å²) in [6, 6.07) is 3.97. The number of aromatic amines is 1. The Bertz CT molecular complexity index is 1400. The minimum atomic E-state index is -3.74. The number of rotatable bonds is 9. The number of H-pyrrole nitrogens is 1. The average molecular weight is 538 g/mol. The zero-order chi connectivity index (χ0) is 26.0. The van der Waals surface area contributed by atoms with Gasteiger partial charge < -0.3 is 20.4 Å². The standard InChI is InChI=1S/C22H25ClFN7O4S/c1-11(27-22(32)35-2)10-26-21-25-7-6-15(28-21)19-18(29-20(30-19)12-4-5-12)14-8-13(23)9-16(17(14)24)31-36(3,33)34/h6-9,11-12,31H,4-5,10H2,1-3H3,(H,27,32)(H,29,30)(H,25,26,28)/t11-/m0/s1. The number of carbonyl (C=O) groups excluding carboxylic acids is 1. The first-order valence-corrected chi connectivity index (χ1v) is 13.3. The van der Waals surface area contributed by atoms with E-state index < -0.39 is 21.9 Å². The first kappa shape index (κ1) is 25.6. The summed E-state index contributed by atoms with van der Waals surface area (Å²) in [6.07, 6.45) is 3.81. The highest BCUT2D eigenvalue weighted by molar-refractivity contribution is 7.92. The first-order valence-electron chi connectivity index (χ1n) is 11.0. The van der Waals surface area contributed by atoms with Crippen LogP contribution < -0.4 is 15.4 Å². The zero-order valence-corrected chi connectivity index (χ0v) is 21.3. The predicted molar refractivity (Wildman–Crippen MR) is 134 cm³/mol. The molecule has 1 atom stereocenters. The number of nitrogens with one attached hydrogen (secondary N) is 4. The Morgan fingerprint density at radius 1 is 1.33 bits per heavy atom. The Kier molecular flexibility index (Phi) is 7.31. The molecule has 2 aromatic heterocycles. The number of ether oxygens (including phenoxy) is 1. The van der Waals surface area contributed by atoms with Crippen LogP contribution in [0.2, 0.25) is 5.02 Å². The molecule has 4 N–H and O–H groups in total. The maximum Gasteiger partial charge on any atom is 0.407 e. The van der Waals surface area contributed by atoms with E-state index >= 15 is 4.39 Å². The van der Waals surface area contributed by atoms with Crippen LogP contribution in [0.4, 0.5) is 20.8 Å². The summed E-state index contributed by atoms with van der Waals surface area (Å²) >= 11 is 6.21. The molecule has 1 amide bonds. The normalized spacial score (nSPS) is 14.2. The highest BCUT2D eigenvalue weighted by Crippen LogP contribution is 2.43. The van der Waals surface area contributed by atoms with E-state index in [1.807, 2.05) is 0 Å². The Morgan fingerprint density at radius 2 is 2.08 bits per heavy atom. The van der Waals surface area contributed by atoms with Gasteiger partial charge in [0, 0.05) is 35.3 Å². The van der Waals surface area contributed by atoms with Crippen LogP contribution in [0, 0.1) is 5.82 Å². The maximum absolute atomic E-state index is 15.5. The molecule has 1 aliphatic rings. The molecule has 4 rings (SSSR count). The Hall–Kier alpha value is -3.45. The van der Waals surface area contributed by atoms with E-state index in [1.165, 1.54) is 25.4 Å². The number of benzene rings is 1. The van der Waals surface area contributed by atoms with Gasteiger partial charge in [0.2, 0.25) is 16.0 Å². The molecule has 0 bridgehead atoms. The van der Waals surface area contributed by atoms with Gasteiger partial charge >= 0.3 is 6.09 Å². The molecule has 36 heavy (non-hydrogen) atoms. The lowest BCUT2D eigenvalue weighted by Gasteiger charge is -2.14. The van der Waals surface area contributed by atoms with Crippen molar-refractivity contribution in [3.63, 3.8) is 0 Å². The monoisotopic (exact) mass is 537 g/mol. The molecular weight excluding hydrogens is 513 g/mol. The molecule has 3 aromatic rings. The number of aromatic nitrogens is 4. The second kappa shape index (κ2) is 10.3. The summed E-state index contributed by atoms with van der Waals surface area (Å²) in [4.78, 5) is 28.0. The smallest absolute Gasteiger partial charge is 0.407 e. The zero-order valence-electron chi connectivity index (χ0n) is 19.7. The molecule has 14 heteroatoms. The van der Waals surface area contributed by atoms with Crippen molar-refractivity contribution in [2.24, 2.45) is 0 Å². The van der Waals surface area contributed by atoms with Crippen LogP contribution in [0.1, 0.15) is 31.5 Å². The van der Waals surface area contributed by atoms with Gasteiger partial charge in [-0.25, -0.2) is 32.6 Å². The van der Waals surface area contributed by atoms with Crippen molar-refractivity contribution in [1.82, 2.24) is 25.3 Å². The number of imidazole rings is 1. The van der Waals surface area contributed by atoms with Gasteiger partial charge in [-0.2, -0.15) is 0 Å². The van der Waals surface area contributed by atoms with E-state index in [0.717, 1.165) is 19.1 Å². The van der Waals surface area contributed by atoms with E-state index in [1.54, 1.807) is 13.0 Å². The summed E-state index contributed by atoms with van der Waals surface area (Å²) < 4.78 is 45.7. The number of hydrogen-bond donors (Lipinski definition) is 4. The third kappa shape index (κ3) is 6.21. The third-order valence-electron chi connectivity index (χ3n) is 5.30. The highest BCUT2D eigenvalue weighted by atomic mass is 35.5. The number of halogens is 2. The highest BCUT2D eigenvalue weighted by Gasteiger charge is 2.30. The minimum Gasteiger partial charge on any atom is -0.453 e. The number of sulfonamides is 1. The molecule has 0 radical (unpaired) electrons. The van der Waals surface area contributed by atoms with Gasteiger partial charge in [-0.05, 0) is 38.0 Å². The van der Waals surface area contributed by atoms with Crippen LogP contribution in [0.25, 0.3) is 22.6 Å². The number of amides is 1. The van der Waals surface area contributed by atoms with E-state index in [9.17, 15) is 13.2 Å². The molecule has 1 fully saturated rings. The summed E-state index contributed by atoms with van der Waals surface area (Å²) in [5.74, 6) is 0.375. The van der Waals surface area contributed by atoms with Crippen molar-refractivity contribution >= 4 is 39.4 Å². The van der Waals surface area contributed by atoms with Crippen molar-refractivity contribution < 1.29 is 22.3 Å². The van der Waals surface area contributed by atoms with E-state index in [0.29, 0.717) is 23.8 Å². The Balaban J connectivity index is 1.70. The van der Waals surface area contributed by atoms with Crippen molar-refractivity contribution in [2.75, 3.05) is 29.9 Å². The number of alkyl carbamates (subject to hydrolysis) is 1. The number of hydrogen-bond acceptors (Lipinski definition) is 8. The summed E-state index contributed by atoms with van der Waals surface area (Å²) in [7, 11) is -2.46. The van der Waals surface area contributed by atoms with Crippen LogP contribution >= 0.6 is 11.6 Å². The second-order valence-corrected chi connectivity index (χ2v) is 10.7. The largest absolute Gasteiger partial charge is 0.453 e. The van der Waals surface area contributed by atoms with Crippen LogP contribution in [-0.2, 0) is 14.8 Å². The van der Waals surface area contributed by atoms with Crippen molar-refractivity contribution in [1.29, 1.82) is 0 Å². The second-order valence-electron chi connectivity index (χ2n) is 8.49. The molecule has 1 saturated carbocycles. The van der Waals surface area contributed by atoms with Gasteiger partial charge in [0.25, 0.3) is 0 Å². The summed E-state index contributed by atoms with van der Waals surface area (Å²) in [6.45, 7) is 2.11. The molecule has 0 spiro atoms. The fraction of sp³-hybridized carbons (Fsp3) is 0.364. The van der Waals surface area contributed by atoms with Gasteiger partial charge in [-0.1, -0.05) is 11.6 Å². The molecule has 0 aliphatic heterocycles. The van der Waals surface area contributed by atoms with Crippen LogP contribution in [-0.4, -0.2) is 60.4 Å². The molecule has 11 nitrogen and oxygen atoms in total. The lowest BCUT2D eigenvalue weighted by atomic mass is 10.1. The minimum absolute atomic E-state index is 0.0239. The fourth-order valence-electron chi connectivity index (χ4n) is 3.50. The molecular formula is C22H25ClFN7O4S. The Labute approximate surface area is 212 Å². The SMILES string of the molecule is COC(=O)N[C@@H](C)CNc1nccc(-c2[nH]c(C3CC3)nc2-c2cc(Cl)cc(NS(C)(=O)=O)c2F)n1. The van der Waals surface area contributed by atoms with Crippen LogP contribution in [0.5, 0.6) is 0 Å². The lowest BCUT2D eigenvalue weighted by Crippen LogP contribution is -2.37. The molecule has 0 unspecified atom stereocenters. The van der Waals surface area contributed by atoms with Crippen molar-refractivity contribution in [3.8, 4) is 22.6 Å². The van der Waals surface area contributed by atoms with Crippen molar-refractivity contribution in [3.05, 3.63) is 41.1 Å². The molecule has 1 aromatic carbocycles. The average Bonchev–Trinajstić information content (AvgIpc) is 3.57. The van der Waals surface area contributed by atoms with Crippen molar-refractivity contribution in [2.45, 2.75) is 31.7 Å². The Morgan fingerprint density at radius 3 is 2.75 bits per heavy atom. The number of carbonyl (C=O) groups is 1. The van der Waals surface area contributed by atoms with Crippen LogP contribution in [0.15, 0.2) is 24.4 Å². The topological polar surface area (TPSA) is 151 Å². The fourth-order valence-corrected chi connectivity index (χ4v) is 4.26. The van der Waals surface area contributed by atoms with Gasteiger partial charge in [-0.3, -0.25) is 4.72 Å². The number of nitrogens with zero attached hydrogens (tertiary/aromatic N) is 3. The number of methoxy groups -OCH3 is 1. The van der Waals surface area contributed by atoms with Crippen LogP contribution in [0.3, 0.4) is 0 Å². The van der Waals surface area contributed by atoms with Gasteiger partial charge in [0.1, 0.15) is 11.5 Å². The summed E-state index contributed by atoms with van der Waals surface area (Å²) in [5.41, 5.74) is 0.871. The van der Waals surface area contributed by atoms with E-state index in [-0.39, 0.29) is 39.9 Å². The predicted octanol–water partition coefficient (Wildman–Crippen LogP) is 3.73. The van der Waals surface area contributed by atoms with Gasteiger partial charge in [0.15, 0.2) is 5.82 Å². The first-order chi connectivity index (χ1) is 17.0. The number of anilines is 2. The lowest BCUT2D eigenvalue weighted by molar-refractivity contribution is 0.168. The molecule has 2 heterocycles. The molecule has 192 valence electrons. The maximum atomic E-state index is 15.5. The van der Waals surface area contributed by atoms with Gasteiger partial charge in [-0.15, -0.1) is 0 Å².